The molecule has 0 spiro atoms. The van der Waals surface area contributed by atoms with Crippen LogP contribution in [0, 0.1) is 0 Å². The van der Waals surface area contributed by atoms with Crippen LogP contribution in [0.5, 0.6) is 5.75 Å². The first-order valence-corrected chi connectivity index (χ1v) is 7.96. The summed E-state index contributed by atoms with van der Waals surface area (Å²) in [5.74, 6) is -0.345. The Morgan fingerprint density at radius 3 is 2.20 bits per heavy atom. The smallest absolute Gasteiger partial charge is 0.336 e. The van der Waals surface area contributed by atoms with Crippen molar-refractivity contribution in [2.75, 3.05) is 0 Å². The molecule has 0 saturated heterocycles. The van der Waals surface area contributed by atoms with Crippen LogP contribution in [0.2, 0.25) is 0 Å². The van der Waals surface area contributed by atoms with E-state index in [1.165, 1.54) is 19.9 Å². The largest absolute Gasteiger partial charge is 0.490 e. The van der Waals surface area contributed by atoms with E-state index in [0.29, 0.717) is 24.2 Å². The van der Waals surface area contributed by atoms with Gasteiger partial charge in [-0.1, -0.05) is 0 Å². The van der Waals surface area contributed by atoms with Gasteiger partial charge in [-0.2, -0.15) is 0 Å². The quantitative estimate of drug-likeness (QED) is 0.619. The molecule has 1 fully saturated rings. The minimum absolute atomic E-state index is 0.290. The molecule has 25 heavy (non-hydrogen) atoms. The summed E-state index contributed by atoms with van der Waals surface area (Å²) in [5, 5.41) is 0.786. The number of benzene rings is 1. The Morgan fingerprint density at radius 1 is 1.00 bits per heavy atom. The van der Waals surface area contributed by atoms with Gasteiger partial charge in [-0.25, -0.2) is 4.79 Å². The summed E-state index contributed by atoms with van der Waals surface area (Å²) in [7, 11) is 0. The molecule has 0 radical (unpaired) electrons. The average Bonchev–Trinajstić information content (AvgIpc) is 2.86. The van der Waals surface area contributed by atoms with Crippen molar-refractivity contribution in [1.29, 1.82) is 0 Å². The molecule has 1 aliphatic rings. The van der Waals surface area contributed by atoms with Gasteiger partial charge in [0.05, 0.1) is 0 Å². The third-order valence-electron chi connectivity index (χ3n) is 3.94. The Bertz CT molecular complexity index is 830. The van der Waals surface area contributed by atoms with Crippen LogP contribution in [0.4, 0.5) is 0 Å². The second-order valence-electron chi connectivity index (χ2n) is 5.96. The molecule has 132 valence electrons. The molecule has 7 heteroatoms. The molecule has 1 aliphatic carbocycles. The minimum atomic E-state index is -0.537. The molecular weight excluding hydrogens is 328 g/mol. The Labute approximate surface area is 143 Å². The van der Waals surface area contributed by atoms with Crippen LogP contribution in [0.15, 0.2) is 39.5 Å². The van der Waals surface area contributed by atoms with Crippen LogP contribution < -0.4 is 10.4 Å². The van der Waals surface area contributed by atoms with Gasteiger partial charge in [0.1, 0.15) is 29.6 Å². The summed E-state index contributed by atoms with van der Waals surface area (Å²) >= 11 is 0. The van der Waals surface area contributed by atoms with Crippen LogP contribution in [0.3, 0.4) is 0 Å². The summed E-state index contributed by atoms with van der Waals surface area (Å²) in [4.78, 5) is 33.8. The van der Waals surface area contributed by atoms with Crippen molar-refractivity contribution in [2.24, 2.45) is 0 Å². The third kappa shape index (κ3) is 4.17. The highest BCUT2D eigenvalue weighted by Gasteiger charge is 2.40. The Balaban J connectivity index is 1.74. The predicted octanol–water partition coefficient (Wildman–Crippen LogP) is 2.20. The molecule has 1 aromatic carbocycles. The lowest BCUT2D eigenvalue weighted by molar-refractivity contribution is -0.162. The molecule has 1 aromatic heterocycles. The number of carbonyl (C=O) groups excluding carboxylic acids is 2. The molecule has 1 saturated carbocycles. The van der Waals surface area contributed by atoms with Crippen molar-refractivity contribution in [1.82, 2.24) is 0 Å². The Hall–Kier alpha value is -2.83. The van der Waals surface area contributed by atoms with Crippen LogP contribution in [-0.2, 0) is 19.1 Å². The minimum Gasteiger partial charge on any atom is -0.490 e. The Kier molecular flexibility index (Phi) is 4.74. The van der Waals surface area contributed by atoms with Crippen molar-refractivity contribution in [3.63, 3.8) is 0 Å². The lowest BCUT2D eigenvalue weighted by atomic mass is 10.2. The zero-order chi connectivity index (χ0) is 18.0. The van der Waals surface area contributed by atoms with Gasteiger partial charge in [0.2, 0.25) is 0 Å². The van der Waals surface area contributed by atoms with Gasteiger partial charge in [-0.15, -0.1) is 0 Å². The van der Waals surface area contributed by atoms with Gasteiger partial charge in [0.25, 0.3) is 0 Å². The molecule has 2 atom stereocenters. The van der Waals surface area contributed by atoms with Gasteiger partial charge in [-0.3, -0.25) is 9.59 Å². The van der Waals surface area contributed by atoms with Gasteiger partial charge < -0.3 is 18.6 Å². The van der Waals surface area contributed by atoms with E-state index in [-0.39, 0.29) is 6.10 Å². The van der Waals surface area contributed by atoms with Crippen LogP contribution in [-0.4, -0.2) is 30.3 Å². The van der Waals surface area contributed by atoms with Crippen molar-refractivity contribution in [3.8, 4) is 5.75 Å². The summed E-state index contributed by atoms with van der Waals surface area (Å²) in [6, 6.07) is 8.22. The maximum Gasteiger partial charge on any atom is 0.336 e. The lowest BCUT2D eigenvalue weighted by Crippen LogP contribution is -2.29. The van der Waals surface area contributed by atoms with E-state index >= 15 is 0 Å². The van der Waals surface area contributed by atoms with E-state index in [1.807, 2.05) is 0 Å². The molecule has 3 rings (SSSR count). The summed E-state index contributed by atoms with van der Waals surface area (Å²) in [6.45, 7) is 2.62. The van der Waals surface area contributed by atoms with Crippen molar-refractivity contribution >= 4 is 22.9 Å². The fourth-order valence-electron chi connectivity index (χ4n) is 3.00. The number of rotatable bonds is 4. The first kappa shape index (κ1) is 17.0. The van der Waals surface area contributed by atoms with E-state index in [2.05, 4.69) is 0 Å². The molecule has 7 nitrogen and oxygen atoms in total. The fourth-order valence-corrected chi connectivity index (χ4v) is 3.00. The Morgan fingerprint density at radius 2 is 1.60 bits per heavy atom. The normalized spacial score (nSPS) is 20.4. The summed E-state index contributed by atoms with van der Waals surface area (Å²) in [5.41, 5.74) is -0.00794. The average molecular weight is 346 g/mol. The number of carbonyl (C=O) groups is 2. The zero-order valence-electron chi connectivity index (χ0n) is 13.9. The van der Waals surface area contributed by atoms with E-state index in [4.69, 9.17) is 18.6 Å². The zero-order valence-corrected chi connectivity index (χ0v) is 13.9. The van der Waals surface area contributed by atoms with Crippen molar-refractivity contribution in [2.45, 2.75) is 45.0 Å². The van der Waals surface area contributed by atoms with Crippen LogP contribution >= 0.6 is 0 Å². The van der Waals surface area contributed by atoms with Crippen LogP contribution in [0.25, 0.3) is 11.0 Å². The molecular formula is C18H18O7. The van der Waals surface area contributed by atoms with Crippen molar-refractivity contribution < 1.29 is 28.2 Å². The highest BCUT2D eigenvalue weighted by Crippen LogP contribution is 2.30. The highest BCUT2D eigenvalue weighted by molar-refractivity contribution is 5.77. The van der Waals surface area contributed by atoms with Gasteiger partial charge in [0.15, 0.2) is 0 Å². The standard InChI is InChI=1S/C18H18O7/c1-10(19)22-16-8-14(9-17(16)23-11(2)20)24-13-5-3-12-4-6-18(21)25-15(12)7-13/h3-7,14,16-17H,8-9H2,1-2H3/t16-,17-/m1/s1. The number of ether oxygens (including phenoxy) is 3. The summed E-state index contributed by atoms with van der Waals surface area (Å²) in [6.07, 6.45) is -0.543. The van der Waals surface area contributed by atoms with E-state index < -0.39 is 29.8 Å². The number of hydrogen-bond acceptors (Lipinski definition) is 7. The van der Waals surface area contributed by atoms with E-state index in [0.717, 1.165) is 5.39 Å². The molecule has 0 bridgehead atoms. The molecule has 0 N–H and O–H groups in total. The molecule has 2 aromatic rings. The first-order valence-electron chi connectivity index (χ1n) is 7.96. The highest BCUT2D eigenvalue weighted by atomic mass is 16.6. The van der Waals surface area contributed by atoms with Gasteiger partial charge >= 0.3 is 17.6 Å². The number of fused-ring (bicyclic) bond motifs is 1. The van der Waals surface area contributed by atoms with Crippen LogP contribution in [0.1, 0.15) is 26.7 Å². The van der Waals surface area contributed by atoms with E-state index in [9.17, 15) is 14.4 Å². The topological polar surface area (TPSA) is 92.0 Å². The third-order valence-corrected chi connectivity index (χ3v) is 3.94. The molecule has 1 heterocycles. The number of hydrogen-bond donors (Lipinski definition) is 0. The van der Waals surface area contributed by atoms with E-state index in [1.54, 1.807) is 24.3 Å². The van der Waals surface area contributed by atoms with Crippen molar-refractivity contribution in [3.05, 3.63) is 40.8 Å². The second kappa shape index (κ2) is 6.96. The molecule has 0 amide bonds. The molecule has 0 unspecified atom stereocenters. The lowest BCUT2D eigenvalue weighted by Gasteiger charge is -2.18. The number of esters is 2. The maximum absolute atomic E-state index is 11.3. The van der Waals surface area contributed by atoms with Gasteiger partial charge in [-0.05, 0) is 18.2 Å². The summed E-state index contributed by atoms with van der Waals surface area (Å²) < 4.78 is 21.5. The van der Waals surface area contributed by atoms with Gasteiger partial charge in [0, 0.05) is 44.2 Å². The SMILES string of the molecule is CC(=O)O[C@@H]1CC(Oc2ccc3ccc(=O)oc3c2)C[C@H]1OC(C)=O. The first-order chi connectivity index (χ1) is 11.9. The predicted molar refractivity (Wildman–Crippen MR) is 87.2 cm³/mol. The monoisotopic (exact) mass is 346 g/mol. The second-order valence-corrected chi connectivity index (χ2v) is 5.96. The fraction of sp³-hybridized carbons (Fsp3) is 0.389. The molecule has 0 aliphatic heterocycles. The maximum atomic E-state index is 11.3.